The number of hydrogen-bond acceptors (Lipinski definition) is 3. The van der Waals surface area contributed by atoms with Gasteiger partial charge in [0, 0.05) is 31.5 Å². The summed E-state index contributed by atoms with van der Waals surface area (Å²) in [5.74, 6) is 1.09. The summed E-state index contributed by atoms with van der Waals surface area (Å²) in [4.78, 5) is 13.4. The van der Waals surface area contributed by atoms with Gasteiger partial charge in [-0.1, -0.05) is 18.2 Å². The molecule has 0 amide bonds. The first-order valence-electron chi connectivity index (χ1n) is 11.1. The molecule has 2 aliphatic carbocycles. The lowest BCUT2D eigenvalue weighted by Gasteiger charge is -2.49. The third-order valence-electron chi connectivity index (χ3n) is 7.38. The molecule has 2 unspecified atom stereocenters. The van der Waals surface area contributed by atoms with Crippen LogP contribution in [0.5, 0.6) is 0 Å². The van der Waals surface area contributed by atoms with Crippen LogP contribution in [0.25, 0.3) is 11.0 Å². The fraction of sp³-hybridized carbons (Fsp3) is 0.500. The van der Waals surface area contributed by atoms with Gasteiger partial charge in [-0.05, 0) is 49.4 Å². The molecular weight excluding hydrogens is 358 g/mol. The monoisotopic (exact) mass is 390 g/mol. The Morgan fingerprint density at radius 1 is 1.07 bits per heavy atom. The van der Waals surface area contributed by atoms with Gasteiger partial charge in [0.25, 0.3) is 0 Å². The van der Waals surface area contributed by atoms with Crippen LogP contribution in [-0.4, -0.2) is 38.6 Å². The van der Waals surface area contributed by atoms with Crippen molar-refractivity contribution in [2.45, 2.75) is 69.6 Å². The maximum atomic E-state index is 6.26. The van der Waals surface area contributed by atoms with Crippen LogP contribution in [0.3, 0.4) is 0 Å². The molecule has 0 spiro atoms. The van der Waals surface area contributed by atoms with Crippen LogP contribution in [-0.2, 0) is 13.0 Å². The van der Waals surface area contributed by atoms with Crippen molar-refractivity contribution in [1.82, 2.24) is 15.0 Å². The number of benzene rings is 1. The van der Waals surface area contributed by atoms with Crippen molar-refractivity contribution in [1.29, 1.82) is 0 Å². The minimum absolute atomic E-state index is 0.364. The third kappa shape index (κ3) is 3.47. The molecule has 0 radical (unpaired) electrons. The maximum Gasteiger partial charge on any atom is 0.162 e. The van der Waals surface area contributed by atoms with Crippen molar-refractivity contribution in [2.75, 3.05) is 7.05 Å². The molecule has 1 fully saturated rings. The molecule has 29 heavy (non-hydrogen) atoms. The van der Waals surface area contributed by atoms with Crippen molar-refractivity contribution in [3.8, 4) is 0 Å². The Hall–Kier alpha value is -2.24. The summed E-state index contributed by atoms with van der Waals surface area (Å²) in [7, 11) is 2.45. The standard InChI is InChI=1S/C24H32N5/c1-29(19-13-11-18(25)12-14-19,16-23-27-20-8-2-3-9-21(20)28-23)22-10-4-6-17-7-5-15-26-24(17)22/h2-3,5,7-9,15,18-19,22H,4,6,10-14,16,25H2,1H3,(H,27,28)/q+1. The molecular formula is C24H32N5+. The van der Waals surface area contributed by atoms with E-state index in [1.165, 1.54) is 36.9 Å². The van der Waals surface area contributed by atoms with Crippen molar-refractivity contribution >= 4 is 11.0 Å². The zero-order valence-corrected chi connectivity index (χ0v) is 17.3. The Morgan fingerprint density at radius 2 is 1.90 bits per heavy atom. The number of fused-ring (bicyclic) bond motifs is 2. The lowest BCUT2D eigenvalue weighted by molar-refractivity contribution is -0.977. The van der Waals surface area contributed by atoms with E-state index in [4.69, 9.17) is 15.7 Å². The summed E-state index contributed by atoms with van der Waals surface area (Å²) in [6, 6.07) is 14.1. The van der Waals surface area contributed by atoms with Crippen LogP contribution in [0.4, 0.5) is 0 Å². The van der Waals surface area contributed by atoms with E-state index < -0.39 is 0 Å². The van der Waals surface area contributed by atoms with E-state index in [0.717, 1.165) is 47.1 Å². The highest BCUT2D eigenvalue weighted by Gasteiger charge is 2.45. The molecule has 2 atom stereocenters. The SMILES string of the molecule is C[N+](Cc1nc2ccccc2[nH]1)(C1CCC(N)CC1)C1CCCc2cccnc21. The number of aryl methyl sites for hydroxylation is 1. The Bertz CT molecular complexity index is 955. The summed E-state index contributed by atoms with van der Waals surface area (Å²) < 4.78 is 0.983. The lowest BCUT2D eigenvalue weighted by Crippen LogP contribution is -2.56. The molecule has 1 aromatic carbocycles. The summed E-state index contributed by atoms with van der Waals surface area (Å²) in [5.41, 5.74) is 11.2. The van der Waals surface area contributed by atoms with Crippen molar-refractivity contribution in [3.63, 3.8) is 0 Å². The van der Waals surface area contributed by atoms with Gasteiger partial charge < -0.3 is 15.2 Å². The number of nitrogens with one attached hydrogen (secondary N) is 1. The molecule has 0 saturated heterocycles. The highest BCUT2D eigenvalue weighted by Crippen LogP contribution is 2.43. The molecule has 0 bridgehead atoms. The van der Waals surface area contributed by atoms with Crippen LogP contribution < -0.4 is 5.73 Å². The largest absolute Gasteiger partial charge is 0.337 e. The Balaban J connectivity index is 1.54. The number of rotatable bonds is 4. The molecule has 2 aliphatic rings. The predicted octanol–water partition coefficient (Wildman–Crippen LogP) is 4.25. The molecule has 2 aromatic heterocycles. The van der Waals surface area contributed by atoms with Gasteiger partial charge >= 0.3 is 0 Å². The minimum atomic E-state index is 0.364. The normalized spacial score (nSPS) is 26.8. The van der Waals surface area contributed by atoms with Gasteiger partial charge in [-0.2, -0.15) is 0 Å². The molecule has 152 valence electrons. The van der Waals surface area contributed by atoms with E-state index in [9.17, 15) is 0 Å². The molecule has 0 aliphatic heterocycles. The number of H-pyrrole nitrogens is 1. The quantitative estimate of drug-likeness (QED) is 0.654. The number of quaternary nitrogens is 1. The van der Waals surface area contributed by atoms with Crippen LogP contribution in [0.15, 0.2) is 42.6 Å². The minimum Gasteiger partial charge on any atom is -0.337 e. The second-order valence-electron chi connectivity index (χ2n) is 9.23. The third-order valence-corrected chi connectivity index (χ3v) is 7.38. The topological polar surface area (TPSA) is 67.6 Å². The summed E-state index contributed by atoms with van der Waals surface area (Å²) in [6.07, 6.45) is 10.2. The fourth-order valence-electron chi connectivity index (χ4n) is 5.75. The van der Waals surface area contributed by atoms with E-state index in [1.807, 2.05) is 6.20 Å². The van der Waals surface area contributed by atoms with Crippen LogP contribution in [0.2, 0.25) is 0 Å². The average molecular weight is 391 g/mol. The van der Waals surface area contributed by atoms with Gasteiger partial charge in [-0.3, -0.25) is 4.98 Å². The second kappa shape index (κ2) is 7.54. The van der Waals surface area contributed by atoms with Gasteiger partial charge in [0.1, 0.15) is 18.3 Å². The van der Waals surface area contributed by atoms with Crippen LogP contribution in [0, 0.1) is 0 Å². The number of nitrogens with zero attached hydrogens (tertiary/aromatic N) is 3. The Labute approximate surface area is 172 Å². The van der Waals surface area contributed by atoms with Crippen LogP contribution in [0.1, 0.15) is 61.6 Å². The maximum absolute atomic E-state index is 6.26. The van der Waals surface area contributed by atoms with Gasteiger partial charge in [0.05, 0.1) is 24.1 Å². The molecule has 3 aromatic rings. The average Bonchev–Trinajstić information content (AvgIpc) is 3.15. The molecule has 2 heterocycles. The fourth-order valence-corrected chi connectivity index (χ4v) is 5.75. The van der Waals surface area contributed by atoms with Gasteiger partial charge in [-0.15, -0.1) is 0 Å². The summed E-state index contributed by atoms with van der Waals surface area (Å²) in [6.45, 7) is 0.912. The zero-order chi connectivity index (χ0) is 19.8. The molecule has 1 saturated carbocycles. The number of aromatic amines is 1. The van der Waals surface area contributed by atoms with Crippen LogP contribution >= 0.6 is 0 Å². The molecule has 5 heteroatoms. The molecule has 5 rings (SSSR count). The van der Waals surface area contributed by atoms with Crippen molar-refractivity contribution < 1.29 is 4.48 Å². The van der Waals surface area contributed by atoms with E-state index in [2.05, 4.69) is 48.4 Å². The first kappa shape index (κ1) is 18.8. The number of nitrogens with two attached hydrogens (primary N) is 1. The lowest BCUT2D eigenvalue weighted by atomic mass is 9.84. The smallest absolute Gasteiger partial charge is 0.162 e. The highest BCUT2D eigenvalue weighted by atomic mass is 15.4. The second-order valence-corrected chi connectivity index (χ2v) is 9.23. The van der Waals surface area contributed by atoms with E-state index in [-0.39, 0.29) is 0 Å². The number of imidazole rings is 1. The van der Waals surface area contributed by atoms with Crippen molar-refractivity contribution in [2.24, 2.45) is 5.73 Å². The highest BCUT2D eigenvalue weighted by molar-refractivity contribution is 5.74. The van der Waals surface area contributed by atoms with Gasteiger partial charge in [-0.25, -0.2) is 4.98 Å². The molecule has 3 N–H and O–H groups in total. The van der Waals surface area contributed by atoms with Gasteiger partial charge in [0.15, 0.2) is 5.82 Å². The summed E-state index contributed by atoms with van der Waals surface area (Å²) >= 11 is 0. The first-order valence-corrected chi connectivity index (χ1v) is 11.1. The Morgan fingerprint density at radius 3 is 2.72 bits per heavy atom. The van der Waals surface area contributed by atoms with Crippen molar-refractivity contribution in [3.05, 3.63) is 59.7 Å². The first-order chi connectivity index (χ1) is 14.1. The Kier molecular flexibility index (Phi) is 4.88. The van der Waals surface area contributed by atoms with E-state index >= 15 is 0 Å². The number of hydrogen-bond donors (Lipinski definition) is 2. The number of para-hydroxylation sites is 2. The molecule has 5 nitrogen and oxygen atoms in total. The predicted molar refractivity (Wildman–Crippen MR) is 116 cm³/mol. The number of pyridine rings is 1. The summed E-state index contributed by atoms with van der Waals surface area (Å²) in [5, 5.41) is 0. The number of aromatic nitrogens is 3. The zero-order valence-electron chi connectivity index (χ0n) is 17.3. The van der Waals surface area contributed by atoms with Gasteiger partial charge in [0.2, 0.25) is 0 Å². The van der Waals surface area contributed by atoms with E-state index in [1.54, 1.807) is 0 Å². The van der Waals surface area contributed by atoms with E-state index in [0.29, 0.717) is 18.1 Å².